The first-order chi connectivity index (χ1) is 9.13. The molecule has 0 radical (unpaired) electrons. The van der Waals surface area contributed by atoms with E-state index in [1.54, 1.807) is 16.7 Å². The summed E-state index contributed by atoms with van der Waals surface area (Å²) in [4.78, 5) is 0. The molecule has 1 aliphatic rings. The summed E-state index contributed by atoms with van der Waals surface area (Å²) in [6.45, 7) is 9.16. The van der Waals surface area contributed by atoms with Crippen molar-refractivity contribution in [2.24, 2.45) is 0 Å². The van der Waals surface area contributed by atoms with Gasteiger partial charge in [0.1, 0.15) is 0 Å². The van der Waals surface area contributed by atoms with Crippen LogP contribution < -0.4 is 9.41 Å². The molecule has 122 valence electrons. The normalized spacial score (nSPS) is 13.3. The van der Waals surface area contributed by atoms with E-state index in [-0.39, 0.29) is 26.8 Å². The standard InChI is InChI=1S/C14H21.C5H5.Cr.2FH/c1-9-10(2)12(4)14(11(9)3)13-7-5-6-8-13;1-2-4-5-3-1;;;/h13H,5-8H2,1-4H3;1-5H;;2*1H/q2*-1;+4;;/p-2. The summed E-state index contributed by atoms with van der Waals surface area (Å²) in [7, 11) is 0. The van der Waals surface area contributed by atoms with Crippen LogP contribution in [0.3, 0.4) is 0 Å². The molecule has 0 N–H and O–H groups in total. The Bertz CT molecular complexity index is 463. The van der Waals surface area contributed by atoms with Gasteiger partial charge in [0.15, 0.2) is 0 Å². The third-order valence-corrected chi connectivity index (χ3v) is 4.81. The Morgan fingerprint density at radius 1 is 0.955 bits per heavy atom. The molecule has 1 saturated carbocycles. The van der Waals surface area contributed by atoms with Gasteiger partial charge in [-0.05, 0) is 18.8 Å². The van der Waals surface area contributed by atoms with E-state index in [9.17, 15) is 0 Å². The number of halogens is 2. The van der Waals surface area contributed by atoms with Crippen LogP contribution in [-0.4, -0.2) is 0 Å². The van der Waals surface area contributed by atoms with Gasteiger partial charge in [0.05, 0.1) is 0 Å². The fourth-order valence-electron chi connectivity index (χ4n) is 3.40. The van der Waals surface area contributed by atoms with Gasteiger partial charge in [-0.2, -0.15) is 46.0 Å². The molecule has 0 heterocycles. The van der Waals surface area contributed by atoms with Gasteiger partial charge in [-0.25, -0.2) is 12.1 Å². The second kappa shape index (κ2) is 10.8. The van der Waals surface area contributed by atoms with Gasteiger partial charge in [-0.3, -0.25) is 0 Å². The minimum absolute atomic E-state index is 0. The summed E-state index contributed by atoms with van der Waals surface area (Å²) in [5, 5.41) is 0. The number of hydrogen-bond acceptors (Lipinski definition) is 0. The van der Waals surface area contributed by atoms with E-state index in [1.165, 1.54) is 36.8 Å². The van der Waals surface area contributed by atoms with Crippen molar-refractivity contribution in [3.8, 4) is 0 Å². The fraction of sp³-hybridized carbons (Fsp3) is 0.474. The molecule has 0 atom stereocenters. The predicted octanol–water partition coefficient (Wildman–Crippen LogP) is -0.292. The molecule has 0 aromatic heterocycles. The third-order valence-electron chi connectivity index (χ3n) is 4.81. The SMILES string of the molecule is Cc1c(C)c(C2CCCC2)[c-](C)c1C.[Cr+4].[F-].[F-].c1cc[cH-]c1. The zero-order valence-electron chi connectivity index (χ0n) is 14.0. The fourth-order valence-corrected chi connectivity index (χ4v) is 3.40. The quantitative estimate of drug-likeness (QED) is 0.624. The zero-order chi connectivity index (χ0) is 13.8. The van der Waals surface area contributed by atoms with E-state index in [2.05, 4.69) is 27.7 Å². The van der Waals surface area contributed by atoms with Crippen molar-refractivity contribution >= 4 is 0 Å². The Labute approximate surface area is 144 Å². The summed E-state index contributed by atoms with van der Waals surface area (Å²) in [6.07, 6.45) is 5.72. The Balaban J connectivity index is 0. The first kappa shape index (κ1) is 23.4. The Kier molecular flexibility index (Phi) is 11.4. The first-order valence-electron chi connectivity index (χ1n) is 7.52. The summed E-state index contributed by atoms with van der Waals surface area (Å²) in [6, 6.07) is 10.0. The Hall–Kier alpha value is -0.908. The maximum Gasteiger partial charge on any atom is 4.00 e. The second-order valence-electron chi connectivity index (χ2n) is 5.86. The molecule has 2 aromatic rings. The second-order valence-corrected chi connectivity index (χ2v) is 5.86. The van der Waals surface area contributed by atoms with Crippen LogP contribution in [0.2, 0.25) is 0 Å². The maximum absolute atomic E-state index is 2.31. The van der Waals surface area contributed by atoms with Gasteiger partial charge < -0.3 is 9.41 Å². The predicted molar refractivity (Wildman–Crippen MR) is 84.2 cm³/mol. The molecule has 0 spiro atoms. The molecular weight excluding hydrogens is 318 g/mol. The van der Waals surface area contributed by atoms with Crippen molar-refractivity contribution in [2.75, 3.05) is 0 Å². The molecule has 0 nitrogen and oxygen atoms in total. The van der Waals surface area contributed by atoms with Crippen molar-refractivity contribution in [3.63, 3.8) is 0 Å². The molecule has 0 aliphatic heterocycles. The molecule has 0 saturated heterocycles. The third kappa shape index (κ3) is 5.07. The van der Waals surface area contributed by atoms with Crippen LogP contribution in [0.5, 0.6) is 0 Å². The van der Waals surface area contributed by atoms with E-state index in [0.29, 0.717) is 0 Å². The monoisotopic (exact) mass is 344 g/mol. The number of hydrogen-bond donors (Lipinski definition) is 0. The number of rotatable bonds is 1. The van der Waals surface area contributed by atoms with Crippen molar-refractivity contribution in [2.45, 2.75) is 59.3 Å². The van der Waals surface area contributed by atoms with Crippen molar-refractivity contribution in [1.82, 2.24) is 0 Å². The molecule has 3 rings (SSSR count). The smallest absolute Gasteiger partial charge is 1.00 e. The summed E-state index contributed by atoms with van der Waals surface area (Å²) < 4.78 is 0. The van der Waals surface area contributed by atoms with E-state index < -0.39 is 0 Å². The van der Waals surface area contributed by atoms with Crippen LogP contribution >= 0.6 is 0 Å². The minimum atomic E-state index is 0. The van der Waals surface area contributed by atoms with Crippen molar-refractivity contribution < 1.29 is 26.8 Å². The minimum Gasteiger partial charge on any atom is -1.00 e. The van der Waals surface area contributed by atoms with Gasteiger partial charge >= 0.3 is 17.4 Å². The summed E-state index contributed by atoms with van der Waals surface area (Å²) in [5.41, 5.74) is 7.91. The van der Waals surface area contributed by atoms with Crippen molar-refractivity contribution in [1.29, 1.82) is 0 Å². The molecular formula is C19H26CrF2. The van der Waals surface area contributed by atoms with Crippen LogP contribution in [0.25, 0.3) is 0 Å². The van der Waals surface area contributed by atoms with Gasteiger partial charge in [0, 0.05) is 0 Å². The van der Waals surface area contributed by atoms with E-state index in [1.807, 2.05) is 30.3 Å². The van der Waals surface area contributed by atoms with Crippen LogP contribution in [0.15, 0.2) is 30.3 Å². The Morgan fingerprint density at radius 2 is 1.45 bits per heavy atom. The Morgan fingerprint density at radius 3 is 1.77 bits per heavy atom. The van der Waals surface area contributed by atoms with Gasteiger partial charge in [-0.1, -0.05) is 40.5 Å². The molecule has 1 fully saturated rings. The van der Waals surface area contributed by atoms with Gasteiger partial charge in [0.25, 0.3) is 0 Å². The average molecular weight is 344 g/mol. The van der Waals surface area contributed by atoms with E-state index >= 15 is 0 Å². The van der Waals surface area contributed by atoms with Crippen LogP contribution in [-0.2, 0) is 17.4 Å². The largest absolute Gasteiger partial charge is 4.00 e. The average Bonchev–Trinajstić information content (AvgIpc) is 3.13. The molecule has 2 aromatic carbocycles. The van der Waals surface area contributed by atoms with Crippen LogP contribution in [0.1, 0.15) is 59.4 Å². The summed E-state index contributed by atoms with van der Waals surface area (Å²) in [5.74, 6) is 0.877. The van der Waals surface area contributed by atoms with Crippen molar-refractivity contribution in [3.05, 3.63) is 58.1 Å². The van der Waals surface area contributed by atoms with Crippen LogP contribution in [0.4, 0.5) is 0 Å². The molecule has 3 heteroatoms. The summed E-state index contributed by atoms with van der Waals surface area (Å²) >= 11 is 0. The maximum atomic E-state index is 2.31. The first-order valence-corrected chi connectivity index (χ1v) is 7.52. The molecule has 22 heavy (non-hydrogen) atoms. The molecule has 0 unspecified atom stereocenters. The van der Waals surface area contributed by atoms with E-state index in [0.717, 1.165) is 5.92 Å². The molecule has 1 aliphatic carbocycles. The zero-order valence-corrected chi connectivity index (χ0v) is 15.2. The topological polar surface area (TPSA) is 0 Å². The van der Waals surface area contributed by atoms with Gasteiger partial charge in [-0.15, -0.1) is 0 Å². The van der Waals surface area contributed by atoms with Gasteiger partial charge in [0.2, 0.25) is 0 Å². The molecule has 0 amide bonds. The molecule has 0 bridgehead atoms. The van der Waals surface area contributed by atoms with Crippen LogP contribution in [0, 0.1) is 27.7 Å². The van der Waals surface area contributed by atoms with E-state index in [4.69, 9.17) is 0 Å².